The minimum Gasteiger partial charge on any atom is -0.355 e. The van der Waals surface area contributed by atoms with Crippen LogP contribution in [0.5, 0.6) is 0 Å². The second kappa shape index (κ2) is 9.68. The van der Waals surface area contributed by atoms with Crippen LogP contribution in [0.4, 0.5) is 4.39 Å². The molecule has 7 heteroatoms. The molecule has 0 aliphatic carbocycles. The van der Waals surface area contributed by atoms with Crippen LogP contribution in [0.3, 0.4) is 0 Å². The van der Waals surface area contributed by atoms with E-state index in [9.17, 15) is 4.39 Å². The van der Waals surface area contributed by atoms with E-state index in [-0.39, 0.29) is 29.8 Å². The van der Waals surface area contributed by atoms with Gasteiger partial charge in [0.05, 0.1) is 11.0 Å². The van der Waals surface area contributed by atoms with E-state index >= 15 is 0 Å². The van der Waals surface area contributed by atoms with Crippen LogP contribution in [0, 0.1) is 19.7 Å². The molecule has 0 saturated heterocycles. The second-order valence-corrected chi connectivity index (χ2v) is 6.24. The van der Waals surface area contributed by atoms with E-state index in [4.69, 9.17) is 0 Å². The molecule has 0 fully saturated rings. The Balaban J connectivity index is 0.00000261. The number of rotatable bonds is 5. The van der Waals surface area contributed by atoms with E-state index in [0.29, 0.717) is 18.1 Å². The number of imidazole rings is 1. The van der Waals surface area contributed by atoms with E-state index < -0.39 is 0 Å². The molecule has 3 rings (SSSR count). The Morgan fingerprint density at radius 3 is 2.67 bits per heavy atom. The van der Waals surface area contributed by atoms with Crippen molar-refractivity contribution < 1.29 is 4.39 Å². The van der Waals surface area contributed by atoms with Gasteiger partial charge in [-0.1, -0.05) is 24.3 Å². The monoisotopic (exact) mass is 481 g/mol. The fourth-order valence-electron chi connectivity index (χ4n) is 2.99. The lowest BCUT2D eigenvalue weighted by Crippen LogP contribution is -2.38. The second-order valence-electron chi connectivity index (χ2n) is 6.24. The van der Waals surface area contributed by atoms with Gasteiger partial charge in [-0.3, -0.25) is 4.99 Å². The smallest absolute Gasteiger partial charge is 0.191 e. The topological polar surface area (TPSA) is 54.2 Å². The van der Waals surface area contributed by atoms with Gasteiger partial charge in [-0.15, -0.1) is 24.0 Å². The van der Waals surface area contributed by atoms with Crippen molar-refractivity contribution in [1.82, 2.24) is 20.2 Å². The maximum Gasteiger partial charge on any atom is 0.191 e. The first kappa shape index (κ1) is 21.1. The Labute approximate surface area is 176 Å². The van der Waals surface area contributed by atoms with Crippen LogP contribution in [-0.4, -0.2) is 29.1 Å². The van der Waals surface area contributed by atoms with E-state index in [1.165, 1.54) is 6.07 Å². The van der Waals surface area contributed by atoms with Gasteiger partial charge in [-0.05, 0) is 43.2 Å². The van der Waals surface area contributed by atoms with Crippen LogP contribution in [0.15, 0.2) is 47.5 Å². The molecule has 2 aromatic carbocycles. The van der Waals surface area contributed by atoms with Gasteiger partial charge >= 0.3 is 0 Å². The van der Waals surface area contributed by atoms with Gasteiger partial charge in [0.15, 0.2) is 5.96 Å². The molecule has 0 radical (unpaired) electrons. The van der Waals surface area contributed by atoms with Gasteiger partial charge in [-0.2, -0.15) is 0 Å². The minimum atomic E-state index is -0.181. The molecule has 0 spiro atoms. The van der Waals surface area contributed by atoms with Crippen molar-refractivity contribution in [2.24, 2.45) is 4.99 Å². The van der Waals surface area contributed by atoms with Gasteiger partial charge in [0, 0.05) is 26.7 Å². The fourth-order valence-corrected chi connectivity index (χ4v) is 2.99. The molecule has 0 saturated carbocycles. The molecule has 1 aromatic heterocycles. The van der Waals surface area contributed by atoms with Crippen LogP contribution in [0.2, 0.25) is 0 Å². The molecule has 144 valence electrons. The average molecular weight is 481 g/mol. The van der Waals surface area contributed by atoms with Gasteiger partial charge in [-0.25, -0.2) is 9.37 Å². The minimum absolute atomic E-state index is 0. The Kier molecular flexibility index (Phi) is 7.58. The molecule has 2 N–H and O–H groups in total. The highest BCUT2D eigenvalue weighted by atomic mass is 127. The summed E-state index contributed by atoms with van der Waals surface area (Å²) in [5.41, 5.74) is 3.81. The highest BCUT2D eigenvalue weighted by molar-refractivity contribution is 14.0. The average Bonchev–Trinajstić information content (AvgIpc) is 2.96. The summed E-state index contributed by atoms with van der Waals surface area (Å²) in [6.45, 7) is 5.90. The third-order valence-electron chi connectivity index (χ3n) is 4.38. The number of nitrogens with zero attached hydrogens (tertiary/aromatic N) is 3. The van der Waals surface area contributed by atoms with E-state index in [1.807, 2.05) is 31.2 Å². The van der Waals surface area contributed by atoms with E-state index in [1.54, 1.807) is 20.0 Å². The first-order valence-corrected chi connectivity index (χ1v) is 8.70. The summed E-state index contributed by atoms with van der Waals surface area (Å²) in [5, 5.41) is 6.57. The summed E-state index contributed by atoms with van der Waals surface area (Å²) in [7, 11) is 1.74. The number of hydrogen-bond acceptors (Lipinski definition) is 2. The lowest BCUT2D eigenvalue weighted by Gasteiger charge is -2.13. The first-order chi connectivity index (χ1) is 12.6. The maximum absolute atomic E-state index is 13.3. The van der Waals surface area contributed by atoms with Crippen molar-refractivity contribution in [1.29, 1.82) is 0 Å². The van der Waals surface area contributed by atoms with Gasteiger partial charge < -0.3 is 15.2 Å². The van der Waals surface area contributed by atoms with E-state index in [2.05, 4.69) is 31.2 Å². The van der Waals surface area contributed by atoms with Crippen molar-refractivity contribution in [2.45, 2.75) is 26.9 Å². The van der Waals surface area contributed by atoms with Crippen LogP contribution < -0.4 is 10.6 Å². The standard InChI is InChI=1S/C20H24FN5.HI/c1-14-12-16(8-9-17(14)21)13-24-20(22-3)23-10-11-26-15(2)25-18-6-4-5-7-19(18)26;/h4-9,12H,10-11,13H2,1-3H3,(H2,22,23,24);1H. The Morgan fingerprint density at radius 2 is 1.93 bits per heavy atom. The predicted molar refractivity (Wildman–Crippen MR) is 119 cm³/mol. The largest absolute Gasteiger partial charge is 0.355 e. The lowest BCUT2D eigenvalue weighted by molar-refractivity contribution is 0.617. The molecule has 1 heterocycles. The van der Waals surface area contributed by atoms with Gasteiger partial charge in [0.2, 0.25) is 0 Å². The Hall–Kier alpha value is -2.16. The van der Waals surface area contributed by atoms with Gasteiger partial charge in [0.25, 0.3) is 0 Å². The number of nitrogens with one attached hydrogen (secondary N) is 2. The molecule has 0 aliphatic heterocycles. The first-order valence-electron chi connectivity index (χ1n) is 8.70. The summed E-state index contributed by atoms with van der Waals surface area (Å²) < 4.78 is 15.5. The number of aliphatic imine (C=N–C) groups is 1. The molecule has 0 amide bonds. The number of aromatic nitrogens is 2. The number of hydrogen-bond donors (Lipinski definition) is 2. The van der Waals surface area contributed by atoms with Gasteiger partial charge in [0.1, 0.15) is 11.6 Å². The Bertz CT molecular complexity index is 935. The number of aryl methyl sites for hydroxylation is 2. The van der Waals surface area contributed by atoms with Crippen molar-refractivity contribution in [3.8, 4) is 0 Å². The van der Waals surface area contributed by atoms with Crippen LogP contribution in [0.25, 0.3) is 11.0 Å². The SMILES string of the molecule is CN=C(NCCn1c(C)nc2ccccc21)NCc1ccc(F)c(C)c1.I. The summed E-state index contributed by atoms with van der Waals surface area (Å²) in [5.74, 6) is 1.53. The Morgan fingerprint density at radius 1 is 1.15 bits per heavy atom. The van der Waals surface area contributed by atoms with Crippen LogP contribution in [-0.2, 0) is 13.1 Å². The molecule has 0 atom stereocenters. The predicted octanol–water partition coefficient (Wildman–Crippen LogP) is 3.78. The van der Waals surface area contributed by atoms with Crippen molar-refractivity contribution in [3.05, 3.63) is 65.2 Å². The van der Waals surface area contributed by atoms with E-state index in [0.717, 1.165) is 35.5 Å². The normalized spacial score (nSPS) is 11.3. The van der Waals surface area contributed by atoms with Crippen LogP contribution in [0.1, 0.15) is 17.0 Å². The number of para-hydroxylation sites is 2. The third kappa shape index (κ3) is 5.18. The molecule has 3 aromatic rings. The summed E-state index contributed by atoms with van der Waals surface area (Å²) >= 11 is 0. The van der Waals surface area contributed by atoms with Crippen molar-refractivity contribution >= 4 is 41.0 Å². The molecular weight excluding hydrogens is 456 g/mol. The lowest BCUT2D eigenvalue weighted by atomic mass is 10.1. The quantitative estimate of drug-likeness (QED) is 0.332. The van der Waals surface area contributed by atoms with Crippen molar-refractivity contribution in [3.63, 3.8) is 0 Å². The summed E-state index contributed by atoms with van der Waals surface area (Å²) in [4.78, 5) is 8.82. The summed E-state index contributed by atoms with van der Waals surface area (Å²) in [6, 6.07) is 13.3. The molecular formula is C20H25FIN5. The third-order valence-corrected chi connectivity index (χ3v) is 4.38. The number of benzene rings is 2. The molecule has 27 heavy (non-hydrogen) atoms. The zero-order valence-corrected chi connectivity index (χ0v) is 18.1. The number of fused-ring (bicyclic) bond motifs is 1. The zero-order valence-electron chi connectivity index (χ0n) is 15.8. The maximum atomic E-state index is 13.3. The molecule has 5 nitrogen and oxygen atoms in total. The number of halogens is 2. The fraction of sp³-hybridized carbons (Fsp3) is 0.300. The molecule has 0 aliphatic rings. The highest BCUT2D eigenvalue weighted by Crippen LogP contribution is 2.14. The highest BCUT2D eigenvalue weighted by Gasteiger charge is 2.06. The summed E-state index contributed by atoms with van der Waals surface area (Å²) in [6.07, 6.45) is 0. The number of guanidine groups is 1. The molecule has 0 unspecified atom stereocenters. The van der Waals surface area contributed by atoms with Crippen molar-refractivity contribution in [2.75, 3.05) is 13.6 Å². The molecule has 0 bridgehead atoms. The van der Waals surface area contributed by atoms with Crippen LogP contribution >= 0.6 is 24.0 Å². The zero-order chi connectivity index (χ0) is 18.5.